The normalized spacial score (nSPS) is 14.0. The van der Waals surface area contributed by atoms with Crippen LogP contribution in [0.1, 0.15) is 42.9 Å². The van der Waals surface area contributed by atoms with Crippen molar-refractivity contribution in [2.24, 2.45) is 0 Å². The molecule has 1 atom stereocenters. The minimum atomic E-state index is -0.597. The minimum absolute atomic E-state index is 0.334. The molecule has 0 bridgehead atoms. The summed E-state index contributed by atoms with van der Waals surface area (Å²) in [6.45, 7) is 1.74. The maximum absolute atomic E-state index is 13.1. The molecule has 1 N–H and O–H groups in total. The lowest BCUT2D eigenvalue weighted by atomic mass is 10.0. The second kappa shape index (κ2) is 9.61. The van der Waals surface area contributed by atoms with Crippen molar-refractivity contribution in [2.45, 2.75) is 31.8 Å². The van der Waals surface area contributed by atoms with Crippen LogP contribution in [0.2, 0.25) is 4.34 Å². The number of nitrogens with one attached hydrogen (secondary N) is 1. The van der Waals surface area contributed by atoms with Gasteiger partial charge in [-0.1, -0.05) is 72.3 Å². The molecule has 3 nitrogen and oxygen atoms in total. The molecule has 4 aromatic rings. The van der Waals surface area contributed by atoms with Crippen molar-refractivity contribution in [1.29, 1.82) is 0 Å². The number of hydrogen-bond donors (Lipinski definition) is 1. The summed E-state index contributed by atoms with van der Waals surface area (Å²) in [5.74, 6) is 0.413. The molecule has 1 aliphatic carbocycles. The van der Waals surface area contributed by atoms with E-state index in [0.29, 0.717) is 15.6 Å². The van der Waals surface area contributed by atoms with E-state index in [0.717, 1.165) is 21.9 Å². The zero-order chi connectivity index (χ0) is 23.7. The van der Waals surface area contributed by atoms with E-state index in [4.69, 9.17) is 16.3 Å². The fourth-order valence-electron chi connectivity index (χ4n) is 3.95. The van der Waals surface area contributed by atoms with Gasteiger partial charge in [0.1, 0.15) is 11.9 Å². The number of thiophene rings is 1. The molecular weight excluding hydrogens is 469 g/mol. The fourth-order valence-corrected chi connectivity index (χ4v) is 5.13. The Kier molecular flexibility index (Phi) is 6.40. The van der Waals surface area contributed by atoms with Crippen LogP contribution in [0.15, 0.2) is 78.9 Å². The Morgan fingerprint density at radius 3 is 2.18 bits per heavy atom. The summed E-state index contributed by atoms with van der Waals surface area (Å²) in [7, 11) is 0. The molecule has 0 spiro atoms. The third-order valence-corrected chi connectivity index (χ3v) is 7.31. The van der Waals surface area contributed by atoms with Gasteiger partial charge in [0, 0.05) is 0 Å². The SMILES string of the molecule is C[C@@H](OC(=O)Nc1cc(Cl)sc1-c1ccc(-c2ccc(C3CC3)cc2)cc1)c1ccc(F)cc1. The summed E-state index contributed by atoms with van der Waals surface area (Å²) < 4.78 is 19.2. The Bertz CT molecular complexity index is 1300. The van der Waals surface area contributed by atoms with E-state index >= 15 is 0 Å². The van der Waals surface area contributed by atoms with Gasteiger partial charge in [0.05, 0.1) is 14.9 Å². The van der Waals surface area contributed by atoms with Crippen LogP contribution in [0.4, 0.5) is 14.9 Å². The molecule has 5 rings (SSSR count). The van der Waals surface area contributed by atoms with E-state index in [2.05, 4.69) is 41.7 Å². The fraction of sp³-hybridized carbons (Fsp3) is 0.179. The number of rotatable bonds is 6. The second-order valence-corrected chi connectivity index (χ2v) is 10.2. The number of benzene rings is 3. The van der Waals surface area contributed by atoms with Crippen LogP contribution >= 0.6 is 22.9 Å². The predicted molar refractivity (Wildman–Crippen MR) is 137 cm³/mol. The molecule has 1 aliphatic rings. The maximum atomic E-state index is 13.1. The maximum Gasteiger partial charge on any atom is 0.412 e. The van der Waals surface area contributed by atoms with Crippen LogP contribution in [-0.4, -0.2) is 6.09 Å². The molecule has 1 saturated carbocycles. The number of halogens is 2. The average molecular weight is 492 g/mol. The summed E-state index contributed by atoms with van der Waals surface area (Å²) in [6, 6.07) is 24.6. The van der Waals surface area contributed by atoms with Gasteiger partial charge in [0.2, 0.25) is 0 Å². The molecule has 1 aromatic heterocycles. The smallest absolute Gasteiger partial charge is 0.412 e. The largest absolute Gasteiger partial charge is 0.441 e. The third-order valence-electron chi connectivity index (χ3n) is 6.00. The molecule has 1 amide bonds. The van der Waals surface area contributed by atoms with E-state index in [1.165, 1.54) is 47.4 Å². The first-order chi connectivity index (χ1) is 16.5. The van der Waals surface area contributed by atoms with Crippen molar-refractivity contribution in [3.63, 3.8) is 0 Å². The van der Waals surface area contributed by atoms with Gasteiger partial charge >= 0.3 is 6.09 Å². The van der Waals surface area contributed by atoms with Gasteiger partial charge in [0.25, 0.3) is 0 Å². The highest BCUT2D eigenvalue weighted by atomic mass is 35.5. The van der Waals surface area contributed by atoms with Gasteiger partial charge in [0.15, 0.2) is 0 Å². The highest BCUT2D eigenvalue weighted by Crippen LogP contribution is 2.41. The van der Waals surface area contributed by atoms with Gasteiger partial charge in [-0.25, -0.2) is 9.18 Å². The Hall–Kier alpha value is -3.15. The Morgan fingerprint density at radius 2 is 1.56 bits per heavy atom. The lowest BCUT2D eigenvalue weighted by Gasteiger charge is -2.14. The molecule has 1 heterocycles. The first-order valence-electron chi connectivity index (χ1n) is 11.2. The van der Waals surface area contributed by atoms with Gasteiger partial charge in [-0.2, -0.15) is 0 Å². The number of anilines is 1. The van der Waals surface area contributed by atoms with Gasteiger partial charge in [-0.15, -0.1) is 11.3 Å². The second-order valence-electron chi connectivity index (χ2n) is 8.49. The van der Waals surface area contributed by atoms with Crippen LogP contribution in [0.5, 0.6) is 0 Å². The van der Waals surface area contributed by atoms with E-state index in [1.807, 2.05) is 12.1 Å². The van der Waals surface area contributed by atoms with Crippen molar-refractivity contribution in [3.05, 3.63) is 100 Å². The minimum Gasteiger partial charge on any atom is -0.441 e. The van der Waals surface area contributed by atoms with Gasteiger partial charge in [-0.05, 0) is 71.7 Å². The van der Waals surface area contributed by atoms with Crippen molar-refractivity contribution in [2.75, 3.05) is 5.32 Å². The van der Waals surface area contributed by atoms with Crippen LogP contribution in [-0.2, 0) is 4.74 Å². The molecule has 172 valence electrons. The highest BCUT2D eigenvalue weighted by Gasteiger charge is 2.23. The standard InChI is InChI=1S/C28H23ClFNO2S/c1-17(18-12-14-24(30)15-13-18)33-28(32)31-25-16-26(29)34-27(25)23-10-8-22(9-11-23)21-6-4-20(5-7-21)19-2-3-19/h4-17,19H,2-3H2,1H3,(H,31,32)/t17-/m1/s1. The molecule has 0 radical (unpaired) electrons. The topological polar surface area (TPSA) is 38.3 Å². The molecular formula is C28H23ClFNO2S. The third kappa shape index (κ3) is 5.16. The molecule has 0 unspecified atom stereocenters. The lowest BCUT2D eigenvalue weighted by molar-refractivity contribution is 0.121. The summed E-state index contributed by atoms with van der Waals surface area (Å²) in [5.41, 5.74) is 5.99. The molecule has 6 heteroatoms. The van der Waals surface area contributed by atoms with E-state index in [1.54, 1.807) is 25.1 Å². The highest BCUT2D eigenvalue weighted by molar-refractivity contribution is 7.20. The zero-order valence-corrected chi connectivity index (χ0v) is 20.1. The zero-order valence-electron chi connectivity index (χ0n) is 18.6. The van der Waals surface area contributed by atoms with E-state index < -0.39 is 12.2 Å². The molecule has 1 fully saturated rings. The van der Waals surface area contributed by atoms with E-state index in [9.17, 15) is 9.18 Å². The summed E-state index contributed by atoms with van der Waals surface area (Å²) >= 11 is 7.67. The number of carbonyl (C=O) groups excluding carboxylic acids is 1. The Morgan fingerprint density at radius 1 is 0.971 bits per heavy atom. The van der Waals surface area contributed by atoms with Crippen LogP contribution < -0.4 is 5.32 Å². The molecule has 3 aromatic carbocycles. The summed E-state index contributed by atoms with van der Waals surface area (Å²) in [5, 5.41) is 2.80. The van der Waals surface area contributed by atoms with Crippen molar-refractivity contribution < 1.29 is 13.9 Å². The van der Waals surface area contributed by atoms with Crippen molar-refractivity contribution in [3.8, 4) is 21.6 Å². The first kappa shape index (κ1) is 22.6. The van der Waals surface area contributed by atoms with Crippen LogP contribution in [0, 0.1) is 5.82 Å². The van der Waals surface area contributed by atoms with Crippen LogP contribution in [0.3, 0.4) is 0 Å². The number of ether oxygens (including phenoxy) is 1. The lowest BCUT2D eigenvalue weighted by Crippen LogP contribution is -2.16. The predicted octanol–water partition coefficient (Wildman–Crippen LogP) is 9.06. The number of hydrogen-bond acceptors (Lipinski definition) is 3. The van der Waals surface area contributed by atoms with Crippen molar-refractivity contribution in [1.82, 2.24) is 0 Å². The number of carbonyl (C=O) groups is 1. The van der Waals surface area contributed by atoms with Crippen molar-refractivity contribution >= 4 is 34.7 Å². The van der Waals surface area contributed by atoms with Gasteiger partial charge in [-0.3, -0.25) is 5.32 Å². The quantitative estimate of drug-likeness (QED) is 0.292. The Balaban J connectivity index is 1.29. The van der Waals surface area contributed by atoms with Gasteiger partial charge < -0.3 is 4.74 Å². The summed E-state index contributed by atoms with van der Waals surface area (Å²) in [4.78, 5) is 13.4. The average Bonchev–Trinajstić information content (AvgIpc) is 3.62. The summed E-state index contributed by atoms with van der Waals surface area (Å²) in [6.07, 6.45) is 1.47. The van der Waals surface area contributed by atoms with Crippen LogP contribution in [0.25, 0.3) is 21.6 Å². The first-order valence-corrected chi connectivity index (χ1v) is 12.4. The molecule has 34 heavy (non-hydrogen) atoms. The monoisotopic (exact) mass is 491 g/mol. The Labute approximate surface area is 207 Å². The molecule has 0 aliphatic heterocycles. The van der Waals surface area contributed by atoms with E-state index in [-0.39, 0.29) is 5.82 Å². The molecule has 0 saturated heterocycles. The number of amides is 1.